The molecule has 1 unspecified atom stereocenters. The molecule has 4 heteroatoms. The fraction of sp³-hybridized carbons (Fsp3) is 0.250. The molecule has 0 spiro atoms. The van der Waals surface area contributed by atoms with Crippen LogP contribution in [-0.4, -0.2) is 11.8 Å². The van der Waals surface area contributed by atoms with Crippen LogP contribution in [0.15, 0.2) is 47.4 Å². The first-order valence-electron chi connectivity index (χ1n) is 6.43. The van der Waals surface area contributed by atoms with Crippen molar-refractivity contribution < 1.29 is 8.78 Å². The van der Waals surface area contributed by atoms with E-state index in [1.54, 1.807) is 30.0 Å². The van der Waals surface area contributed by atoms with Gasteiger partial charge in [-0.05, 0) is 60.9 Å². The van der Waals surface area contributed by atoms with Crippen molar-refractivity contribution in [2.24, 2.45) is 5.73 Å². The van der Waals surface area contributed by atoms with Gasteiger partial charge in [0.1, 0.15) is 11.6 Å². The molecule has 0 fully saturated rings. The first-order chi connectivity index (χ1) is 9.54. The van der Waals surface area contributed by atoms with E-state index in [1.807, 2.05) is 6.92 Å². The van der Waals surface area contributed by atoms with Gasteiger partial charge in [-0.2, -0.15) is 0 Å². The second-order valence-electron chi connectivity index (χ2n) is 4.80. The second kappa shape index (κ2) is 6.86. The number of rotatable bonds is 5. The Bertz CT molecular complexity index is 569. The molecule has 1 atom stereocenters. The zero-order valence-corrected chi connectivity index (χ0v) is 12.1. The van der Waals surface area contributed by atoms with Crippen LogP contribution < -0.4 is 5.73 Å². The molecule has 0 heterocycles. The number of hydrogen-bond donors (Lipinski definition) is 1. The SMILES string of the molecule is Cc1cc(F)ccc1CC(N)CSc1ccc(F)cc1. The van der Waals surface area contributed by atoms with Gasteiger partial charge in [-0.25, -0.2) is 8.78 Å². The van der Waals surface area contributed by atoms with Gasteiger partial charge in [-0.15, -0.1) is 11.8 Å². The summed E-state index contributed by atoms with van der Waals surface area (Å²) in [5, 5.41) is 0. The van der Waals surface area contributed by atoms with E-state index >= 15 is 0 Å². The van der Waals surface area contributed by atoms with Crippen LogP contribution in [0.3, 0.4) is 0 Å². The minimum atomic E-state index is -0.236. The highest BCUT2D eigenvalue weighted by molar-refractivity contribution is 7.99. The number of hydrogen-bond acceptors (Lipinski definition) is 2. The molecule has 0 saturated carbocycles. The summed E-state index contributed by atoms with van der Waals surface area (Å²) in [5.41, 5.74) is 8.09. The van der Waals surface area contributed by atoms with E-state index in [1.165, 1.54) is 24.3 Å². The number of nitrogens with two attached hydrogens (primary N) is 1. The van der Waals surface area contributed by atoms with Crippen LogP contribution in [0, 0.1) is 18.6 Å². The minimum Gasteiger partial charge on any atom is -0.327 e. The third-order valence-corrected chi connectivity index (χ3v) is 4.26. The Morgan fingerprint density at radius 1 is 1.05 bits per heavy atom. The number of halogens is 2. The molecular weight excluding hydrogens is 276 g/mol. The Labute approximate surface area is 122 Å². The highest BCUT2D eigenvalue weighted by Crippen LogP contribution is 2.20. The van der Waals surface area contributed by atoms with Crippen LogP contribution in [0.1, 0.15) is 11.1 Å². The van der Waals surface area contributed by atoms with Crippen molar-refractivity contribution >= 4 is 11.8 Å². The van der Waals surface area contributed by atoms with Crippen LogP contribution in [0.2, 0.25) is 0 Å². The van der Waals surface area contributed by atoms with Crippen LogP contribution in [-0.2, 0) is 6.42 Å². The van der Waals surface area contributed by atoms with Crippen molar-refractivity contribution in [3.63, 3.8) is 0 Å². The van der Waals surface area contributed by atoms with Crippen LogP contribution in [0.25, 0.3) is 0 Å². The molecule has 0 radical (unpaired) electrons. The third kappa shape index (κ3) is 4.32. The largest absolute Gasteiger partial charge is 0.327 e. The lowest BCUT2D eigenvalue weighted by Crippen LogP contribution is -2.25. The van der Waals surface area contributed by atoms with Crippen molar-refractivity contribution in [1.82, 2.24) is 0 Å². The predicted octanol–water partition coefficient (Wildman–Crippen LogP) is 3.94. The summed E-state index contributed by atoms with van der Waals surface area (Å²) >= 11 is 1.60. The Hall–Kier alpha value is -1.39. The molecule has 2 aromatic carbocycles. The standard InChI is InChI=1S/C16H17F2NS/c1-11-8-14(18)3-2-12(11)9-15(19)10-20-16-6-4-13(17)5-7-16/h2-8,15H,9-10,19H2,1H3. The van der Waals surface area contributed by atoms with Gasteiger partial charge in [-0.1, -0.05) is 6.07 Å². The zero-order valence-electron chi connectivity index (χ0n) is 11.3. The van der Waals surface area contributed by atoms with E-state index in [2.05, 4.69) is 0 Å². The summed E-state index contributed by atoms with van der Waals surface area (Å²) in [6.45, 7) is 1.89. The highest BCUT2D eigenvalue weighted by atomic mass is 32.2. The molecule has 20 heavy (non-hydrogen) atoms. The molecule has 0 aliphatic rings. The van der Waals surface area contributed by atoms with Crippen molar-refractivity contribution in [1.29, 1.82) is 0 Å². The van der Waals surface area contributed by atoms with E-state index in [9.17, 15) is 8.78 Å². The lowest BCUT2D eigenvalue weighted by atomic mass is 10.0. The van der Waals surface area contributed by atoms with E-state index in [-0.39, 0.29) is 17.7 Å². The van der Waals surface area contributed by atoms with E-state index in [0.29, 0.717) is 6.42 Å². The molecule has 0 bridgehead atoms. The maximum absolute atomic E-state index is 13.0. The highest BCUT2D eigenvalue weighted by Gasteiger charge is 2.08. The summed E-state index contributed by atoms with van der Waals surface area (Å²) in [6, 6.07) is 11.1. The van der Waals surface area contributed by atoms with Gasteiger partial charge < -0.3 is 5.73 Å². The van der Waals surface area contributed by atoms with E-state index < -0.39 is 0 Å². The number of aryl methyl sites for hydroxylation is 1. The van der Waals surface area contributed by atoms with Gasteiger partial charge in [0.15, 0.2) is 0 Å². The molecule has 0 amide bonds. The molecule has 0 saturated heterocycles. The average Bonchev–Trinajstić information content (AvgIpc) is 2.41. The van der Waals surface area contributed by atoms with Crippen molar-refractivity contribution in [2.45, 2.75) is 24.3 Å². The maximum Gasteiger partial charge on any atom is 0.123 e. The molecule has 0 aliphatic heterocycles. The quantitative estimate of drug-likeness (QED) is 0.845. The first kappa shape index (κ1) is 15.0. The average molecular weight is 293 g/mol. The van der Waals surface area contributed by atoms with Gasteiger partial charge in [-0.3, -0.25) is 0 Å². The molecular formula is C16H17F2NS. The topological polar surface area (TPSA) is 26.0 Å². The molecule has 2 rings (SSSR count). The summed E-state index contributed by atoms with van der Waals surface area (Å²) in [7, 11) is 0. The van der Waals surface area contributed by atoms with Crippen LogP contribution in [0.5, 0.6) is 0 Å². The van der Waals surface area contributed by atoms with Crippen LogP contribution in [0.4, 0.5) is 8.78 Å². The van der Waals surface area contributed by atoms with Gasteiger partial charge in [0.25, 0.3) is 0 Å². The Morgan fingerprint density at radius 3 is 2.35 bits per heavy atom. The second-order valence-corrected chi connectivity index (χ2v) is 5.89. The van der Waals surface area contributed by atoms with Crippen molar-refractivity contribution in [3.8, 4) is 0 Å². The Kier molecular flexibility index (Phi) is 5.15. The maximum atomic E-state index is 13.0. The fourth-order valence-electron chi connectivity index (χ4n) is 1.96. The third-order valence-electron chi connectivity index (χ3n) is 3.06. The van der Waals surface area contributed by atoms with E-state index in [4.69, 9.17) is 5.73 Å². The summed E-state index contributed by atoms with van der Waals surface area (Å²) in [5.74, 6) is 0.281. The van der Waals surface area contributed by atoms with Gasteiger partial charge >= 0.3 is 0 Å². The minimum absolute atomic E-state index is 0.0192. The molecule has 106 valence electrons. The van der Waals surface area contributed by atoms with Crippen molar-refractivity contribution in [3.05, 3.63) is 65.2 Å². The van der Waals surface area contributed by atoms with E-state index in [0.717, 1.165) is 21.8 Å². The summed E-state index contributed by atoms with van der Waals surface area (Å²) in [4.78, 5) is 0.998. The first-order valence-corrected chi connectivity index (χ1v) is 7.42. The fourth-order valence-corrected chi connectivity index (χ4v) is 2.82. The lowest BCUT2D eigenvalue weighted by molar-refractivity contribution is 0.624. The summed E-state index contributed by atoms with van der Waals surface area (Å²) < 4.78 is 25.8. The van der Waals surface area contributed by atoms with Crippen LogP contribution >= 0.6 is 11.8 Å². The monoisotopic (exact) mass is 293 g/mol. The molecule has 0 aromatic heterocycles. The molecule has 2 N–H and O–H groups in total. The van der Waals surface area contributed by atoms with Gasteiger partial charge in [0, 0.05) is 16.7 Å². The zero-order chi connectivity index (χ0) is 14.5. The normalized spacial score (nSPS) is 12.4. The van der Waals surface area contributed by atoms with Crippen molar-refractivity contribution in [2.75, 3.05) is 5.75 Å². The molecule has 2 aromatic rings. The smallest absolute Gasteiger partial charge is 0.123 e. The number of thioether (sulfide) groups is 1. The van der Waals surface area contributed by atoms with Gasteiger partial charge in [0.05, 0.1) is 0 Å². The molecule has 0 aliphatic carbocycles. The van der Waals surface area contributed by atoms with Gasteiger partial charge in [0.2, 0.25) is 0 Å². The molecule has 1 nitrogen and oxygen atoms in total. The summed E-state index contributed by atoms with van der Waals surface area (Å²) in [6.07, 6.45) is 0.709. The number of benzene rings is 2. The Morgan fingerprint density at radius 2 is 1.70 bits per heavy atom. The predicted molar refractivity (Wildman–Crippen MR) is 79.9 cm³/mol. The lowest BCUT2D eigenvalue weighted by Gasteiger charge is -2.13. The Balaban J connectivity index is 1.89.